The number of Topliss-reactive ketones (excluding diaryl/α,β-unsaturated/α-hetero) is 4. The molecule has 0 saturated heterocycles. The molecule has 18 nitrogen and oxygen atoms in total. The third-order valence-corrected chi connectivity index (χ3v) is 14.1. The van der Waals surface area contributed by atoms with E-state index in [0.717, 1.165) is 167 Å². The fraction of sp³-hybridized carbons (Fsp3) is 0.437. The Morgan fingerprint density at radius 2 is 0.742 bits per heavy atom. The highest BCUT2D eigenvalue weighted by Crippen LogP contribution is 2.39. The van der Waals surface area contributed by atoms with Gasteiger partial charge in [0.05, 0.1) is 91.7 Å². The minimum Gasteiger partial charge on any atom is -0.497 e. The summed E-state index contributed by atoms with van der Waals surface area (Å²) in [4.78, 5) is 62.1. The maximum Gasteiger partial charge on any atom is 0.159 e. The summed E-state index contributed by atoms with van der Waals surface area (Å²) in [5.41, 5.74) is 12.1. The second-order valence-electron chi connectivity index (χ2n) is 23.5. The molecular formula is C71H96N8O10. The van der Waals surface area contributed by atoms with Crippen molar-refractivity contribution in [3.63, 3.8) is 0 Å². The van der Waals surface area contributed by atoms with E-state index in [9.17, 15) is 19.2 Å². The first-order chi connectivity index (χ1) is 42.0. The zero-order valence-corrected chi connectivity index (χ0v) is 54.2. The number of aliphatic imine (C=N–C) groups is 4. The van der Waals surface area contributed by atoms with Gasteiger partial charge in [0.15, 0.2) is 34.7 Å². The number of rotatable bonds is 22. The highest BCUT2D eigenvalue weighted by Gasteiger charge is 2.33. The first-order valence-corrected chi connectivity index (χ1v) is 29.7. The van der Waals surface area contributed by atoms with Gasteiger partial charge in [-0.2, -0.15) is 0 Å². The van der Waals surface area contributed by atoms with Crippen LogP contribution in [-0.4, -0.2) is 115 Å². The summed E-state index contributed by atoms with van der Waals surface area (Å²) < 4.78 is 31.8. The molecule has 0 fully saturated rings. The maximum absolute atomic E-state index is 11.3. The predicted molar refractivity (Wildman–Crippen MR) is 363 cm³/mol. The van der Waals surface area contributed by atoms with Crippen LogP contribution in [-0.2, 0) is 28.7 Å². The molecular weight excluding hydrogens is 1120 g/mol. The Morgan fingerprint density at radius 3 is 1.18 bits per heavy atom. The molecule has 0 heterocycles. The number of ketones is 4. The summed E-state index contributed by atoms with van der Waals surface area (Å²) in [7, 11) is 9.89. The van der Waals surface area contributed by atoms with Gasteiger partial charge >= 0.3 is 0 Å². The van der Waals surface area contributed by atoms with Gasteiger partial charge in [0.1, 0.15) is 23.0 Å². The van der Waals surface area contributed by atoms with Crippen LogP contribution < -0.4 is 40.2 Å². The largest absolute Gasteiger partial charge is 0.497 e. The highest BCUT2D eigenvalue weighted by molar-refractivity contribution is 6.03. The standard InChI is InChI=1S/C19H26N2O3.C18H24N2O2.C17H22N2O3.C16H20N2O2.CH4/c1-13(22)12-20-16-10-19(2,3)11-17(18(16)24-5)21-14-6-8-15(23-4)9-7-14;1-13(21)12-19-15-9-16(11-18(2,3)10-15)20-14-5-7-17(22-4)8-6-14;1-12(20)11-18-15-5-4-6-16(17(15)22-3)19-13-7-9-14(21-2)10-8-13;1-12(19)11-17-14-4-3-5-15(10-14)18-13-6-8-16(20-2)9-7-13;/h6-9,21H,10-12H2,1-5H3;5-9,20H,10-12H2,1-4H3;7-10,19H,4-6,11H2,1-3H3;6-10,18H,3-5,11H2,1-2H3;1H4. The number of nitrogens with one attached hydrogen (secondary N) is 4. The monoisotopic (exact) mass is 1220 g/mol. The number of anilines is 4. The maximum atomic E-state index is 11.3. The van der Waals surface area contributed by atoms with E-state index in [1.165, 1.54) is 0 Å². The van der Waals surface area contributed by atoms with Gasteiger partial charge in [0.2, 0.25) is 0 Å². The molecule has 0 aromatic heterocycles. The fourth-order valence-corrected chi connectivity index (χ4v) is 9.98. The number of methoxy groups -OCH3 is 6. The molecule has 0 aliphatic heterocycles. The first-order valence-electron chi connectivity index (χ1n) is 29.7. The molecule has 480 valence electrons. The van der Waals surface area contributed by atoms with Gasteiger partial charge in [-0.05, 0) is 212 Å². The van der Waals surface area contributed by atoms with Crippen molar-refractivity contribution in [2.75, 3.05) is 90.1 Å². The molecule has 4 aliphatic carbocycles. The predicted octanol–water partition coefficient (Wildman–Crippen LogP) is 14.7. The van der Waals surface area contributed by atoms with E-state index in [0.29, 0.717) is 0 Å². The van der Waals surface area contributed by atoms with Crippen LogP contribution in [0, 0.1) is 10.8 Å². The van der Waals surface area contributed by atoms with Gasteiger partial charge in [-0.3, -0.25) is 39.1 Å². The smallest absolute Gasteiger partial charge is 0.159 e. The average Bonchev–Trinajstić information content (AvgIpc) is 2.28. The summed E-state index contributed by atoms with van der Waals surface area (Å²) in [5.74, 6) is 5.10. The van der Waals surface area contributed by atoms with Gasteiger partial charge < -0.3 is 49.7 Å². The minimum atomic E-state index is 0. The van der Waals surface area contributed by atoms with E-state index in [4.69, 9.17) is 28.4 Å². The Bertz CT molecular complexity index is 3240. The molecule has 8 rings (SSSR count). The summed E-state index contributed by atoms with van der Waals surface area (Å²) in [6.07, 6.45) is 13.3. The van der Waals surface area contributed by atoms with Crippen molar-refractivity contribution in [3.8, 4) is 23.0 Å². The fourth-order valence-electron chi connectivity index (χ4n) is 9.98. The van der Waals surface area contributed by atoms with Crippen LogP contribution in [0.2, 0.25) is 0 Å². The van der Waals surface area contributed by atoms with Gasteiger partial charge in [0.25, 0.3) is 0 Å². The lowest BCUT2D eigenvalue weighted by atomic mass is 9.77. The van der Waals surface area contributed by atoms with Crippen molar-refractivity contribution in [1.29, 1.82) is 0 Å². The molecule has 0 bridgehead atoms. The molecule has 0 amide bonds. The number of carbonyl (C=O) groups excluding carboxylic acids is 4. The molecule has 0 saturated carbocycles. The van der Waals surface area contributed by atoms with E-state index in [2.05, 4.69) is 81.1 Å². The van der Waals surface area contributed by atoms with E-state index in [1.54, 1.807) is 70.4 Å². The van der Waals surface area contributed by atoms with Crippen LogP contribution in [0.15, 0.2) is 163 Å². The quantitative estimate of drug-likeness (QED) is 0.0575. The third-order valence-electron chi connectivity index (χ3n) is 14.1. The summed E-state index contributed by atoms with van der Waals surface area (Å²) in [6, 6.07) is 31.2. The molecule has 4 N–H and O–H groups in total. The van der Waals surface area contributed by atoms with Crippen LogP contribution in [0.5, 0.6) is 23.0 Å². The van der Waals surface area contributed by atoms with Crippen LogP contribution in [0.3, 0.4) is 0 Å². The number of hydrogen-bond donors (Lipinski definition) is 4. The first kappa shape index (κ1) is 72.7. The van der Waals surface area contributed by atoms with E-state index >= 15 is 0 Å². The number of ether oxygens (including phenoxy) is 6. The lowest BCUT2D eigenvalue weighted by Gasteiger charge is -2.33. The zero-order chi connectivity index (χ0) is 64.2. The van der Waals surface area contributed by atoms with Crippen molar-refractivity contribution >= 4 is 68.7 Å². The number of hydrogen-bond acceptors (Lipinski definition) is 18. The molecule has 4 aromatic carbocycles. The van der Waals surface area contributed by atoms with Gasteiger partial charge in [-0.1, -0.05) is 35.1 Å². The number of allylic oxidation sites excluding steroid dienone is 8. The molecule has 0 radical (unpaired) electrons. The van der Waals surface area contributed by atoms with Crippen molar-refractivity contribution in [2.24, 2.45) is 30.8 Å². The van der Waals surface area contributed by atoms with Crippen LogP contribution in [0.4, 0.5) is 22.7 Å². The second-order valence-corrected chi connectivity index (χ2v) is 23.5. The van der Waals surface area contributed by atoms with Crippen LogP contribution in [0.1, 0.15) is 127 Å². The van der Waals surface area contributed by atoms with E-state index in [-0.39, 0.29) is 67.6 Å². The van der Waals surface area contributed by atoms with Crippen molar-refractivity contribution in [1.82, 2.24) is 0 Å². The normalized spacial score (nSPS) is 17.5. The Kier molecular flexibility index (Phi) is 29.8. The third kappa shape index (κ3) is 25.8. The van der Waals surface area contributed by atoms with E-state index in [1.807, 2.05) is 97.1 Å². The molecule has 0 spiro atoms. The Labute approximate surface area is 528 Å². The van der Waals surface area contributed by atoms with Crippen molar-refractivity contribution in [2.45, 2.75) is 127 Å². The van der Waals surface area contributed by atoms with E-state index < -0.39 is 0 Å². The second kappa shape index (κ2) is 36.5. The molecule has 0 unspecified atom stereocenters. The molecule has 4 aliphatic rings. The lowest BCUT2D eigenvalue weighted by molar-refractivity contribution is -0.116. The van der Waals surface area contributed by atoms with Crippen molar-refractivity contribution < 1.29 is 47.6 Å². The Balaban J connectivity index is 0.000000253. The number of benzene rings is 4. The number of carbonyl (C=O) groups is 4. The Hall–Kier alpha value is -8.80. The molecule has 89 heavy (non-hydrogen) atoms. The molecule has 4 aromatic rings. The summed E-state index contributed by atoms with van der Waals surface area (Å²) >= 11 is 0. The van der Waals surface area contributed by atoms with Crippen LogP contribution in [0.25, 0.3) is 0 Å². The van der Waals surface area contributed by atoms with Gasteiger partial charge in [-0.15, -0.1) is 0 Å². The average molecular weight is 1220 g/mol. The number of nitrogens with zero attached hydrogens (tertiary/aromatic N) is 4. The van der Waals surface area contributed by atoms with Crippen molar-refractivity contribution in [3.05, 3.63) is 144 Å². The SMILES string of the molecule is C.COC1=C(Nc2ccc(OC)cc2)CC(C)(C)CC1=NCC(C)=O.COC1=C(Nc2ccc(OC)cc2)CCCC1=NCC(C)=O.COc1ccc(NC2=CC(=NCC(C)=O)CC(C)(C)C2)cc1.COc1ccc(NC2=CC(=NCC(C)=O)CCC2)cc1. The van der Waals surface area contributed by atoms with Gasteiger partial charge in [-0.25, -0.2) is 0 Å². The highest BCUT2D eigenvalue weighted by atomic mass is 16.5. The molecule has 18 heteroatoms. The minimum absolute atomic E-state index is 0. The van der Waals surface area contributed by atoms with Crippen LogP contribution >= 0.6 is 0 Å². The topological polar surface area (TPSA) is 221 Å². The molecule has 0 atom stereocenters. The van der Waals surface area contributed by atoms with Gasteiger partial charge in [0, 0.05) is 45.6 Å². The zero-order valence-electron chi connectivity index (χ0n) is 54.2. The lowest BCUT2D eigenvalue weighted by Crippen LogP contribution is -2.29. The Morgan fingerprint density at radius 1 is 0.382 bits per heavy atom. The summed E-state index contributed by atoms with van der Waals surface area (Å²) in [6.45, 7) is 16.0. The summed E-state index contributed by atoms with van der Waals surface area (Å²) in [5, 5.41) is 13.7.